The van der Waals surface area contributed by atoms with E-state index in [9.17, 15) is 4.79 Å². The fraction of sp³-hybridized carbons (Fsp3) is 0.286. The molecule has 1 aromatic carbocycles. The van der Waals surface area contributed by atoms with E-state index < -0.39 is 0 Å². The van der Waals surface area contributed by atoms with Crippen LogP contribution >= 0.6 is 11.8 Å². The highest BCUT2D eigenvalue weighted by molar-refractivity contribution is 7.99. The molecule has 0 atom stereocenters. The van der Waals surface area contributed by atoms with Crippen molar-refractivity contribution in [2.45, 2.75) is 12.1 Å². The van der Waals surface area contributed by atoms with Gasteiger partial charge in [-0.1, -0.05) is 17.8 Å². The molecule has 6 heteroatoms. The van der Waals surface area contributed by atoms with Gasteiger partial charge < -0.3 is 10.1 Å². The van der Waals surface area contributed by atoms with Gasteiger partial charge in [-0.25, -0.2) is 4.98 Å². The zero-order valence-electron chi connectivity index (χ0n) is 11.7. The number of nitrogens with one attached hydrogen (secondary N) is 1. The van der Waals surface area contributed by atoms with Gasteiger partial charge in [-0.05, 0) is 24.6 Å². The molecule has 106 valence electrons. The van der Waals surface area contributed by atoms with Gasteiger partial charge >= 0.3 is 0 Å². The van der Waals surface area contributed by atoms with E-state index in [1.165, 1.54) is 11.8 Å². The molecule has 2 rings (SSSR count). The van der Waals surface area contributed by atoms with Gasteiger partial charge in [0.1, 0.15) is 5.75 Å². The Morgan fingerprint density at radius 1 is 1.50 bits per heavy atom. The van der Waals surface area contributed by atoms with Crippen molar-refractivity contribution >= 4 is 17.7 Å². The van der Waals surface area contributed by atoms with Crippen molar-refractivity contribution in [2.75, 3.05) is 19.9 Å². The maximum atomic E-state index is 11.3. The molecule has 1 heterocycles. The number of benzene rings is 1. The number of imidazole rings is 1. The van der Waals surface area contributed by atoms with E-state index in [4.69, 9.17) is 4.74 Å². The van der Waals surface area contributed by atoms with E-state index in [2.05, 4.69) is 10.3 Å². The number of hydrogen-bond donors (Lipinski definition) is 1. The molecule has 1 amide bonds. The number of hydrogen-bond acceptors (Lipinski definition) is 4. The highest BCUT2D eigenvalue weighted by Crippen LogP contribution is 2.28. The standard InChI is InChI=1S/C14H17N3O2S/c1-10-4-5-12(19-3)11(8-10)17-7-6-16-14(17)20-9-13(18)15-2/h4-8H,9H2,1-3H3,(H,15,18). The SMILES string of the molecule is CNC(=O)CSc1nccn1-c1cc(C)ccc1OC. The predicted molar refractivity (Wildman–Crippen MR) is 79.6 cm³/mol. The number of carbonyl (C=O) groups excluding carboxylic acids is 1. The molecule has 0 spiro atoms. The van der Waals surface area contributed by atoms with E-state index in [0.717, 1.165) is 22.2 Å². The molecule has 5 nitrogen and oxygen atoms in total. The molecular formula is C14H17N3O2S. The van der Waals surface area contributed by atoms with E-state index in [1.54, 1.807) is 20.4 Å². The minimum absolute atomic E-state index is 0.0271. The molecule has 0 bridgehead atoms. The van der Waals surface area contributed by atoms with Crippen molar-refractivity contribution in [1.29, 1.82) is 0 Å². The Bertz CT molecular complexity index is 610. The summed E-state index contributed by atoms with van der Waals surface area (Å²) in [4.78, 5) is 15.6. The maximum Gasteiger partial charge on any atom is 0.230 e. The smallest absolute Gasteiger partial charge is 0.230 e. The normalized spacial score (nSPS) is 10.3. The van der Waals surface area contributed by atoms with Crippen LogP contribution in [0.25, 0.3) is 5.69 Å². The van der Waals surface area contributed by atoms with Gasteiger partial charge in [0.05, 0.1) is 18.6 Å². The zero-order chi connectivity index (χ0) is 14.5. The number of nitrogens with zero attached hydrogens (tertiary/aromatic N) is 2. The van der Waals surface area contributed by atoms with Gasteiger partial charge in [-0.2, -0.15) is 0 Å². The lowest BCUT2D eigenvalue weighted by atomic mass is 10.2. The van der Waals surface area contributed by atoms with Crippen molar-refractivity contribution in [3.05, 3.63) is 36.2 Å². The predicted octanol–water partition coefficient (Wildman–Crippen LogP) is 2.03. The van der Waals surface area contributed by atoms with Gasteiger partial charge in [0.25, 0.3) is 0 Å². The number of carbonyl (C=O) groups is 1. The van der Waals surface area contributed by atoms with E-state index in [-0.39, 0.29) is 5.91 Å². The second-order valence-electron chi connectivity index (χ2n) is 4.22. The van der Waals surface area contributed by atoms with Crippen LogP contribution in [0.3, 0.4) is 0 Å². The summed E-state index contributed by atoms with van der Waals surface area (Å²) in [6, 6.07) is 5.96. The topological polar surface area (TPSA) is 56.2 Å². The van der Waals surface area contributed by atoms with Gasteiger partial charge in [0.15, 0.2) is 5.16 Å². The third-order valence-corrected chi connectivity index (χ3v) is 3.78. The van der Waals surface area contributed by atoms with Gasteiger partial charge in [0, 0.05) is 19.4 Å². The Hall–Kier alpha value is -1.95. The Morgan fingerprint density at radius 2 is 2.30 bits per heavy atom. The number of methoxy groups -OCH3 is 1. The van der Waals surface area contributed by atoms with Gasteiger partial charge in [-0.3, -0.25) is 9.36 Å². The van der Waals surface area contributed by atoms with Crippen LogP contribution in [-0.4, -0.2) is 35.4 Å². The summed E-state index contributed by atoms with van der Waals surface area (Å²) in [6.45, 7) is 2.03. The number of aromatic nitrogens is 2. The summed E-state index contributed by atoms with van der Waals surface area (Å²) in [5.74, 6) is 1.08. The fourth-order valence-corrected chi connectivity index (χ4v) is 2.61. The Balaban J connectivity index is 2.32. The first-order valence-electron chi connectivity index (χ1n) is 6.17. The van der Waals surface area contributed by atoms with E-state index in [0.29, 0.717) is 5.75 Å². The van der Waals surface area contributed by atoms with Gasteiger partial charge in [-0.15, -0.1) is 0 Å². The molecule has 0 unspecified atom stereocenters. The number of thioether (sulfide) groups is 1. The second-order valence-corrected chi connectivity index (χ2v) is 5.16. The highest BCUT2D eigenvalue weighted by atomic mass is 32.2. The van der Waals surface area contributed by atoms with Crippen LogP contribution in [0.1, 0.15) is 5.56 Å². The minimum Gasteiger partial charge on any atom is -0.495 e. The molecule has 20 heavy (non-hydrogen) atoms. The average molecular weight is 291 g/mol. The molecular weight excluding hydrogens is 274 g/mol. The largest absolute Gasteiger partial charge is 0.495 e. The summed E-state index contributed by atoms with van der Waals surface area (Å²) >= 11 is 1.39. The first-order chi connectivity index (χ1) is 9.65. The van der Waals surface area contributed by atoms with Crippen LogP contribution in [0.15, 0.2) is 35.7 Å². The van der Waals surface area contributed by atoms with Crippen LogP contribution in [0.2, 0.25) is 0 Å². The first kappa shape index (κ1) is 14.5. The van der Waals surface area contributed by atoms with Gasteiger partial charge in [0.2, 0.25) is 5.91 Å². The van der Waals surface area contributed by atoms with Crippen molar-refractivity contribution in [2.24, 2.45) is 0 Å². The van der Waals surface area contributed by atoms with Crippen molar-refractivity contribution < 1.29 is 9.53 Å². The third-order valence-electron chi connectivity index (χ3n) is 2.81. The Labute approximate surface area is 122 Å². The quantitative estimate of drug-likeness (QED) is 0.856. The maximum absolute atomic E-state index is 11.3. The third kappa shape index (κ3) is 3.14. The minimum atomic E-state index is -0.0271. The molecule has 0 radical (unpaired) electrons. The zero-order valence-corrected chi connectivity index (χ0v) is 12.5. The van der Waals surface area contributed by atoms with Crippen LogP contribution in [0.5, 0.6) is 5.75 Å². The first-order valence-corrected chi connectivity index (χ1v) is 7.16. The van der Waals surface area contributed by atoms with Crippen LogP contribution in [0.4, 0.5) is 0 Å². The average Bonchev–Trinajstić information content (AvgIpc) is 2.92. The summed E-state index contributed by atoms with van der Waals surface area (Å²) in [7, 11) is 3.27. The lowest BCUT2D eigenvalue weighted by Crippen LogP contribution is -2.20. The number of ether oxygens (including phenoxy) is 1. The molecule has 1 aromatic heterocycles. The molecule has 0 aliphatic rings. The van der Waals surface area contributed by atoms with Crippen molar-refractivity contribution in [3.63, 3.8) is 0 Å². The monoisotopic (exact) mass is 291 g/mol. The van der Waals surface area contributed by atoms with Crippen molar-refractivity contribution in [1.82, 2.24) is 14.9 Å². The molecule has 0 saturated carbocycles. The second kappa shape index (κ2) is 6.47. The highest BCUT2D eigenvalue weighted by Gasteiger charge is 2.12. The molecule has 0 saturated heterocycles. The summed E-state index contributed by atoms with van der Waals surface area (Å²) in [6.07, 6.45) is 3.58. The number of rotatable bonds is 5. The fourth-order valence-electron chi connectivity index (χ4n) is 1.77. The molecule has 0 aliphatic carbocycles. The molecule has 1 N–H and O–H groups in total. The molecule has 0 aliphatic heterocycles. The molecule has 0 fully saturated rings. The Morgan fingerprint density at radius 3 is 3.00 bits per heavy atom. The number of aryl methyl sites for hydroxylation is 1. The van der Waals surface area contributed by atoms with E-state index >= 15 is 0 Å². The van der Waals surface area contributed by atoms with E-state index in [1.807, 2.05) is 35.9 Å². The lowest BCUT2D eigenvalue weighted by Gasteiger charge is -2.12. The summed E-state index contributed by atoms with van der Waals surface area (Å²) in [5.41, 5.74) is 2.06. The number of amides is 1. The molecule has 2 aromatic rings. The summed E-state index contributed by atoms with van der Waals surface area (Å²) < 4.78 is 7.32. The Kier molecular flexibility index (Phi) is 4.68. The van der Waals surface area contributed by atoms with Crippen LogP contribution in [-0.2, 0) is 4.79 Å². The van der Waals surface area contributed by atoms with Crippen LogP contribution in [0, 0.1) is 6.92 Å². The van der Waals surface area contributed by atoms with Crippen LogP contribution < -0.4 is 10.1 Å². The lowest BCUT2D eigenvalue weighted by molar-refractivity contribution is -0.118. The summed E-state index contributed by atoms with van der Waals surface area (Å²) in [5, 5.41) is 3.36. The van der Waals surface area contributed by atoms with Crippen molar-refractivity contribution in [3.8, 4) is 11.4 Å².